The standard InChI is InChI=1S/C22H21FN4O3/c1-2-3-12-22(26-27-22)13-14-24-21(29)16-8-4-7-11-19(16)30-15-20(28)25-18-10-6-5-9-17(18)23/h1,4-11H,3,12-15H2,(H,24,29)(H,25,28). The average molecular weight is 408 g/mol. The summed E-state index contributed by atoms with van der Waals surface area (Å²) in [6.45, 7) is 0.00406. The van der Waals surface area contributed by atoms with Crippen molar-refractivity contribution in [1.29, 1.82) is 0 Å². The zero-order valence-electron chi connectivity index (χ0n) is 16.2. The second-order valence-electron chi connectivity index (χ2n) is 6.71. The van der Waals surface area contributed by atoms with Crippen LogP contribution in [0.2, 0.25) is 0 Å². The number of nitrogens with zero attached hydrogens (tertiary/aromatic N) is 2. The van der Waals surface area contributed by atoms with Gasteiger partial charge in [0.2, 0.25) is 0 Å². The number of carbonyl (C=O) groups is 2. The van der Waals surface area contributed by atoms with Crippen molar-refractivity contribution in [1.82, 2.24) is 5.32 Å². The van der Waals surface area contributed by atoms with E-state index in [1.165, 1.54) is 18.2 Å². The van der Waals surface area contributed by atoms with E-state index in [0.717, 1.165) is 0 Å². The van der Waals surface area contributed by atoms with Gasteiger partial charge in [-0.15, -0.1) is 12.3 Å². The number of halogens is 1. The lowest BCUT2D eigenvalue weighted by atomic mass is 10.0. The first kappa shape index (κ1) is 21.0. The van der Waals surface area contributed by atoms with Gasteiger partial charge in [0.15, 0.2) is 12.3 Å². The van der Waals surface area contributed by atoms with Gasteiger partial charge in [0, 0.05) is 25.8 Å². The van der Waals surface area contributed by atoms with Crippen molar-refractivity contribution in [2.24, 2.45) is 10.2 Å². The molecule has 0 fully saturated rings. The number of anilines is 1. The SMILES string of the molecule is C#CCCC1(CCNC(=O)c2ccccc2OCC(=O)Nc2ccccc2F)N=N1. The van der Waals surface area contributed by atoms with E-state index in [1.54, 1.807) is 30.3 Å². The molecule has 1 aliphatic heterocycles. The van der Waals surface area contributed by atoms with Crippen LogP contribution in [0.1, 0.15) is 29.6 Å². The molecule has 3 rings (SSSR count). The summed E-state index contributed by atoms with van der Waals surface area (Å²) < 4.78 is 19.1. The Hall–Kier alpha value is -3.73. The first-order valence-corrected chi connectivity index (χ1v) is 9.45. The van der Waals surface area contributed by atoms with E-state index < -0.39 is 17.4 Å². The van der Waals surface area contributed by atoms with Crippen LogP contribution in [0.15, 0.2) is 58.8 Å². The molecule has 2 aromatic carbocycles. The van der Waals surface area contributed by atoms with E-state index in [4.69, 9.17) is 11.2 Å². The van der Waals surface area contributed by atoms with Crippen molar-refractivity contribution in [3.05, 3.63) is 59.9 Å². The van der Waals surface area contributed by atoms with Crippen LogP contribution in [-0.4, -0.2) is 30.6 Å². The van der Waals surface area contributed by atoms with Crippen LogP contribution < -0.4 is 15.4 Å². The largest absolute Gasteiger partial charge is 0.483 e. The predicted octanol–water partition coefficient (Wildman–Crippen LogP) is 3.54. The third kappa shape index (κ3) is 5.64. The molecular formula is C22H21FN4O3. The Labute approximate surface area is 173 Å². The van der Waals surface area contributed by atoms with Crippen molar-refractivity contribution >= 4 is 17.5 Å². The van der Waals surface area contributed by atoms with Gasteiger partial charge in [-0.05, 0) is 24.3 Å². The molecule has 0 aliphatic carbocycles. The molecule has 7 nitrogen and oxygen atoms in total. The zero-order chi connectivity index (χ0) is 21.4. The Morgan fingerprint density at radius 2 is 1.83 bits per heavy atom. The van der Waals surface area contributed by atoms with Gasteiger partial charge in [0.05, 0.1) is 11.3 Å². The number of hydrogen-bond acceptors (Lipinski definition) is 5. The summed E-state index contributed by atoms with van der Waals surface area (Å²) in [5, 5.41) is 13.3. The first-order valence-electron chi connectivity index (χ1n) is 9.45. The topological polar surface area (TPSA) is 92.1 Å². The van der Waals surface area contributed by atoms with E-state index in [9.17, 15) is 14.0 Å². The molecule has 2 aromatic rings. The highest BCUT2D eigenvalue weighted by molar-refractivity contribution is 5.97. The quantitative estimate of drug-likeness (QED) is 0.589. The fourth-order valence-corrected chi connectivity index (χ4v) is 2.81. The number of amides is 2. The van der Waals surface area contributed by atoms with Crippen molar-refractivity contribution in [3.8, 4) is 18.1 Å². The van der Waals surface area contributed by atoms with Gasteiger partial charge in [0.25, 0.3) is 11.8 Å². The summed E-state index contributed by atoms with van der Waals surface area (Å²) >= 11 is 0. The molecule has 0 radical (unpaired) electrons. The minimum absolute atomic E-state index is 0.0618. The van der Waals surface area contributed by atoms with Crippen molar-refractivity contribution in [3.63, 3.8) is 0 Å². The van der Waals surface area contributed by atoms with Gasteiger partial charge in [-0.2, -0.15) is 10.2 Å². The Morgan fingerprint density at radius 3 is 2.57 bits per heavy atom. The van der Waals surface area contributed by atoms with Crippen LogP contribution in [-0.2, 0) is 4.79 Å². The normalized spacial score (nSPS) is 13.2. The Morgan fingerprint density at radius 1 is 1.10 bits per heavy atom. The molecule has 0 aromatic heterocycles. The third-order valence-corrected chi connectivity index (χ3v) is 4.50. The molecule has 0 unspecified atom stereocenters. The van der Waals surface area contributed by atoms with Gasteiger partial charge in [-0.1, -0.05) is 24.3 Å². The Bertz CT molecular complexity index is 994. The predicted molar refractivity (Wildman–Crippen MR) is 110 cm³/mol. The summed E-state index contributed by atoms with van der Waals surface area (Å²) in [6.07, 6.45) is 7.07. The summed E-state index contributed by atoms with van der Waals surface area (Å²) in [5.74, 6) is 1.39. The molecule has 154 valence electrons. The van der Waals surface area contributed by atoms with E-state index in [1.807, 2.05) is 0 Å². The molecule has 8 heteroatoms. The second-order valence-corrected chi connectivity index (χ2v) is 6.71. The third-order valence-electron chi connectivity index (χ3n) is 4.50. The monoisotopic (exact) mass is 408 g/mol. The van der Waals surface area contributed by atoms with Crippen LogP contribution in [0.3, 0.4) is 0 Å². The highest BCUT2D eigenvalue weighted by atomic mass is 19.1. The van der Waals surface area contributed by atoms with Gasteiger partial charge in [0.1, 0.15) is 11.6 Å². The molecule has 1 heterocycles. The van der Waals surface area contributed by atoms with Gasteiger partial charge >= 0.3 is 0 Å². The fourth-order valence-electron chi connectivity index (χ4n) is 2.81. The van der Waals surface area contributed by atoms with Crippen molar-refractivity contribution < 1.29 is 18.7 Å². The van der Waals surface area contributed by atoms with Gasteiger partial charge in [-0.3, -0.25) is 9.59 Å². The molecular weight excluding hydrogens is 387 g/mol. The minimum atomic E-state index is -0.542. The number of benzene rings is 2. The number of para-hydroxylation sites is 2. The lowest BCUT2D eigenvalue weighted by Gasteiger charge is -2.13. The highest BCUT2D eigenvalue weighted by Gasteiger charge is 2.38. The van der Waals surface area contributed by atoms with Gasteiger partial charge < -0.3 is 15.4 Å². The summed E-state index contributed by atoms with van der Waals surface area (Å²) in [4.78, 5) is 24.6. The number of carbonyl (C=O) groups excluding carboxylic acids is 2. The van der Waals surface area contributed by atoms with E-state index in [-0.39, 0.29) is 24.0 Å². The maximum absolute atomic E-state index is 13.6. The lowest BCUT2D eigenvalue weighted by molar-refractivity contribution is -0.118. The van der Waals surface area contributed by atoms with Crippen molar-refractivity contribution in [2.45, 2.75) is 24.9 Å². The van der Waals surface area contributed by atoms with Crippen molar-refractivity contribution in [2.75, 3.05) is 18.5 Å². The molecule has 0 bridgehead atoms. The van der Waals surface area contributed by atoms with E-state index in [2.05, 4.69) is 26.8 Å². The minimum Gasteiger partial charge on any atom is -0.483 e. The number of rotatable bonds is 10. The summed E-state index contributed by atoms with van der Waals surface area (Å²) in [7, 11) is 0. The maximum Gasteiger partial charge on any atom is 0.262 e. The molecule has 0 saturated carbocycles. The van der Waals surface area contributed by atoms with Crippen LogP contribution in [0.5, 0.6) is 5.75 Å². The number of nitrogens with one attached hydrogen (secondary N) is 2. The molecule has 0 atom stereocenters. The number of ether oxygens (including phenoxy) is 1. The molecule has 2 amide bonds. The van der Waals surface area contributed by atoms with E-state index >= 15 is 0 Å². The summed E-state index contributed by atoms with van der Waals surface area (Å²) in [6, 6.07) is 12.4. The number of hydrogen-bond donors (Lipinski definition) is 2. The van der Waals surface area contributed by atoms with Crippen LogP contribution in [0.4, 0.5) is 10.1 Å². The molecule has 2 N–H and O–H groups in total. The molecule has 30 heavy (non-hydrogen) atoms. The Balaban J connectivity index is 1.51. The lowest BCUT2D eigenvalue weighted by Crippen LogP contribution is -2.29. The fraction of sp³-hybridized carbons (Fsp3) is 0.273. The molecule has 0 spiro atoms. The molecule has 1 aliphatic rings. The smallest absolute Gasteiger partial charge is 0.262 e. The Kier molecular flexibility index (Phi) is 6.75. The van der Waals surface area contributed by atoms with Crippen LogP contribution in [0.25, 0.3) is 0 Å². The summed E-state index contributed by atoms with van der Waals surface area (Å²) in [5.41, 5.74) is -0.120. The maximum atomic E-state index is 13.6. The zero-order valence-corrected chi connectivity index (χ0v) is 16.2. The van der Waals surface area contributed by atoms with Crippen LogP contribution in [0, 0.1) is 18.2 Å². The van der Waals surface area contributed by atoms with Gasteiger partial charge in [-0.25, -0.2) is 4.39 Å². The van der Waals surface area contributed by atoms with Crippen LogP contribution >= 0.6 is 0 Å². The second kappa shape index (κ2) is 9.65. The average Bonchev–Trinajstić information content (AvgIpc) is 3.52. The van der Waals surface area contributed by atoms with E-state index in [0.29, 0.717) is 31.4 Å². The number of terminal acetylenes is 1. The highest BCUT2D eigenvalue weighted by Crippen LogP contribution is 2.36. The molecule has 0 saturated heterocycles. The first-order chi connectivity index (χ1) is 14.5.